The molecule has 1 saturated heterocycles. The standard InChI is InChI=1S/C11H15N3O3/c12-7-4-9(11(16)17)10(13-5-7)14-3-1-2-8(15)6-14/h4-5,8,15H,1-3,6,12H2,(H,16,17). The first-order valence-electron chi connectivity index (χ1n) is 5.49. The van der Waals surface area contributed by atoms with Crippen LogP contribution in [-0.4, -0.2) is 40.4 Å². The van der Waals surface area contributed by atoms with E-state index in [4.69, 9.17) is 10.8 Å². The van der Waals surface area contributed by atoms with Gasteiger partial charge in [0.2, 0.25) is 0 Å². The zero-order chi connectivity index (χ0) is 12.4. The third-order valence-electron chi connectivity index (χ3n) is 2.81. The number of nitrogen functional groups attached to an aromatic ring is 1. The molecule has 0 aliphatic carbocycles. The largest absolute Gasteiger partial charge is 0.478 e. The third-order valence-corrected chi connectivity index (χ3v) is 2.81. The van der Waals surface area contributed by atoms with Gasteiger partial charge in [-0.15, -0.1) is 0 Å². The maximum absolute atomic E-state index is 11.1. The van der Waals surface area contributed by atoms with Crippen LogP contribution in [0.15, 0.2) is 12.3 Å². The highest BCUT2D eigenvalue weighted by Gasteiger charge is 2.23. The van der Waals surface area contributed by atoms with Crippen molar-refractivity contribution in [2.24, 2.45) is 0 Å². The first-order valence-corrected chi connectivity index (χ1v) is 5.49. The average Bonchev–Trinajstić information content (AvgIpc) is 2.28. The molecule has 2 heterocycles. The molecular weight excluding hydrogens is 222 g/mol. The summed E-state index contributed by atoms with van der Waals surface area (Å²) < 4.78 is 0. The summed E-state index contributed by atoms with van der Waals surface area (Å²) in [5, 5.41) is 18.7. The number of pyridine rings is 1. The van der Waals surface area contributed by atoms with Crippen molar-refractivity contribution in [3.05, 3.63) is 17.8 Å². The normalized spacial score (nSPS) is 20.3. The van der Waals surface area contributed by atoms with Gasteiger partial charge in [0.1, 0.15) is 11.4 Å². The average molecular weight is 237 g/mol. The molecule has 1 fully saturated rings. The van der Waals surface area contributed by atoms with Crippen LogP contribution in [0.3, 0.4) is 0 Å². The maximum Gasteiger partial charge on any atom is 0.339 e. The van der Waals surface area contributed by atoms with Crippen molar-refractivity contribution in [3.63, 3.8) is 0 Å². The molecule has 1 aromatic heterocycles. The second kappa shape index (κ2) is 4.58. The third kappa shape index (κ3) is 2.47. The number of piperidine rings is 1. The van der Waals surface area contributed by atoms with Crippen LogP contribution in [0.1, 0.15) is 23.2 Å². The van der Waals surface area contributed by atoms with E-state index in [-0.39, 0.29) is 5.56 Å². The Kier molecular flexibility index (Phi) is 3.14. The number of hydrogen-bond donors (Lipinski definition) is 3. The molecule has 4 N–H and O–H groups in total. The number of carbonyl (C=O) groups is 1. The van der Waals surface area contributed by atoms with Gasteiger partial charge in [-0.3, -0.25) is 0 Å². The number of nitrogens with two attached hydrogens (primary N) is 1. The molecule has 0 bridgehead atoms. The van der Waals surface area contributed by atoms with Gasteiger partial charge < -0.3 is 20.8 Å². The van der Waals surface area contributed by atoms with Crippen molar-refractivity contribution < 1.29 is 15.0 Å². The number of aliphatic hydroxyl groups is 1. The molecule has 0 aromatic carbocycles. The molecule has 1 aromatic rings. The molecule has 0 radical (unpaired) electrons. The first-order chi connectivity index (χ1) is 8.08. The van der Waals surface area contributed by atoms with Crippen molar-refractivity contribution in [1.82, 2.24) is 4.98 Å². The molecule has 6 heteroatoms. The van der Waals surface area contributed by atoms with E-state index in [1.807, 2.05) is 0 Å². The predicted octanol–water partition coefficient (Wildman–Crippen LogP) is 0.323. The molecule has 1 atom stereocenters. The molecular formula is C11H15N3O3. The highest BCUT2D eigenvalue weighted by atomic mass is 16.4. The van der Waals surface area contributed by atoms with Crippen molar-refractivity contribution in [2.75, 3.05) is 23.7 Å². The van der Waals surface area contributed by atoms with E-state index >= 15 is 0 Å². The SMILES string of the molecule is Nc1cnc(N2CCCC(O)C2)c(C(=O)O)c1. The Morgan fingerprint density at radius 3 is 3.00 bits per heavy atom. The number of aromatic carboxylic acids is 1. The van der Waals surface area contributed by atoms with Crippen molar-refractivity contribution in [2.45, 2.75) is 18.9 Å². The number of anilines is 2. The summed E-state index contributed by atoms with van der Waals surface area (Å²) in [6.07, 6.45) is 2.58. The summed E-state index contributed by atoms with van der Waals surface area (Å²) in [4.78, 5) is 17.0. The highest BCUT2D eigenvalue weighted by Crippen LogP contribution is 2.23. The minimum Gasteiger partial charge on any atom is -0.478 e. The Morgan fingerprint density at radius 2 is 2.35 bits per heavy atom. The molecule has 92 valence electrons. The van der Waals surface area contributed by atoms with Crippen LogP contribution >= 0.6 is 0 Å². The summed E-state index contributed by atoms with van der Waals surface area (Å²) in [5.74, 6) is -0.676. The van der Waals surface area contributed by atoms with Crippen molar-refractivity contribution in [1.29, 1.82) is 0 Å². The topological polar surface area (TPSA) is 99.7 Å². The zero-order valence-electron chi connectivity index (χ0n) is 9.33. The number of carboxylic acid groups (broad SMARTS) is 1. The lowest BCUT2D eigenvalue weighted by atomic mass is 10.1. The lowest BCUT2D eigenvalue weighted by Crippen LogP contribution is -2.39. The van der Waals surface area contributed by atoms with Gasteiger partial charge in [0, 0.05) is 13.1 Å². The molecule has 1 aliphatic heterocycles. The fraction of sp³-hybridized carbons (Fsp3) is 0.455. The number of carboxylic acids is 1. The van der Waals surface area contributed by atoms with Crippen LogP contribution in [0.25, 0.3) is 0 Å². The zero-order valence-corrected chi connectivity index (χ0v) is 9.33. The molecule has 6 nitrogen and oxygen atoms in total. The van der Waals surface area contributed by atoms with E-state index in [9.17, 15) is 9.90 Å². The molecule has 0 saturated carbocycles. The van der Waals surface area contributed by atoms with Crippen LogP contribution in [-0.2, 0) is 0 Å². The number of nitrogens with zero attached hydrogens (tertiary/aromatic N) is 2. The summed E-state index contributed by atoms with van der Waals surface area (Å²) in [6, 6.07) is 1.39. The minimum atomic E-state index is -1.06. The Morgan fingerprint density at radius 1 is 1.59 bits per heavy atom. The minimum absolute atomic E-state index is 0.0825. The van der Waals surface area contributed by atoms with E-state index in [0.29, 0.717) is 24.6 Å². The van der Waals surface area contributed by atoms with E-state index in [0.717, 1.165) is 12.8 Å². The van der Waals surface area contributed by atoms with E-state index in [1.54, 1.807) is 4.90 Å². The van der Waals surface area contributed by atoms with Gasteiger partial charge in [-0.2, -0.15) is 0 Å². The van der Waals surface area contributed by atoms with Gasteiger partial charge in [0.25, 0.3) is 0 Å². The molecule has 1 unspecified atom stereocenters. The first kappa shape index (κ1) is 11.7. The lowest BCUT2D eigenvalue weighted by Gasteiger charge is -2.31. The number of aromatic nitrogens is 1. The smallest absolute Gasteiger partial charge is 0.339 e. The monoisotopic (exact) mass is 237 g/mol. The fourth-order valence-electron chi connectivity index (χ4n) is 2.03. The summed E-state index contributed by atoms with van der Waals surface area (Å²) >= 11 is 0. The van der Waals surface area contributed by atoms with Gasteiger partial charge in [-0.25, -0.2) is 9.78 Å². The summed E-state index contributed by atoms with van der Waals surface area (Å²) in [6.45, 7) is 1.12. The lowest BCUT2D eigenvalue weighted by molar-refractivity contribution is 0.0696. The summed E-state index contributed by atoms with van der Waals surface area (Å²) in [5.41, 5.74) is 5.93. The van der Waals surface area contributed by atoms with E-state index < -0.39 is 12.1 Å². The Hall–Kier alpha value is -1.82. The van der Waals surface area contributed by atoms with Crippen LogP contribution in [0.5, 0.6) is 0 Å². The number of β-amino-alcohol motifs (C(OH)–C–C–N with tert-alkyl or cyclic N) is 1. The maximum atomic E-state index is 11.1. The second-order valence-electron chi connectivity index (χ2n) is 4.19. The van der Waals surface area contributed by atoms with E-state index in [1.165, 1.54) is 12.3 Å². The Bertz CT molecular complexity index is 436. The molecule has 17 heavy (non-hydrogen) atoms. The molecule has 2 rings (SSSR count). The van der Waals surface area contributed by atoms with Crippen LogP contribution in [0.2, 0.25) is 0 Å². The number of hydrogen-bond acceptors (Lipinski definition) is 5. The van der Waals surface area contributed by atoms with Gasteiger partial charge in [0.15, 0.2) is 0 Å². The van der Waals surface area contributed by atoms with Gasteiger partial charge in [-0.1, -0.05) is 0 Å². The van der Waals surface area contributed by atoms with Crippen LogP contribution in [0.4, 0.5) is 11.5 Å². The van der Waals surface area contributed by atoms with Crippen LogP contribution in [0, 0.1) is 0 Å². The predicted molar refractivity (Wildman–Crippen MR) is 63.1 cm³/mol. The van der Waals surface area contributed by atoms with Crippen molar-refractivity contribution >= 4 is 17.5 Å². The fourth-order valence-corrected chi connectivity index (χ4v) is 2.03. The van der Waals surface area contributed by atoms with Crippen LogP contribution < -0.4 is 10.6 Å². The molecule has 1 aliphatic rings. The van der Waals surface area contributed by atoms with Crippen molar-refractivity contribution in [3.8, 4) is 0 Å². The Labute approximate surface area is 98.7 Å². The second-order valence-corrected chi connectivity index (χ2v) is 4.19. The molecule has 0 spiro atoms. The van der Waals surface area contributed by atoms with Gasteiger partial charge in [0.05, 0.1) is 18.0 Å². The van der Waals surface area contributed by atoms with Gasteiger partial charge >= 0.3 is 5.97 Å². The summed E-state index contributed by atoms with van der Waals surface area (Å²) in [7, 11) is 0. The van der Waals surface area contributed by atoms with Gasteiger partial charge in [-0.05, 0) is 18.9 Å². The number of aliphatic hydroxyl groups excluding tert-OH is 1. The number of rotatable bonds is 2. The van der Waals surface area contributed by atoms with E-state index in [2.05, 4.69) is 4.98 Å². The highest BCUT2D eigenvalue weighted by molar-refractivity contribution is 5.94. The Balaban J connectivity index is 2.33. The quantitative estimate of drug-likeness (QED) is 0.685. The molecule has 0 amide bonds.